The zero-order valence-corrected chi connectivity index (χ0v) is 13.9. The summed E-state index contributed by atoms with van der Waals surface area (Å²) in [4.78, 5) is 24.4. The second kappa shape index (κ2) is 7.17. The normalized spacial score (nSPS) is 20.1. The molecule has 2 rings (SSSR count). The van der Waals surface area contributed by atoms with Crippen LogP contribution >= 0.6 is 23.6 Å². The Bertz CT molecular complexity index is 592. The standard InChI is InChI=1S/C14H20N2O3S2/c1-9-12-6-8-19-13(18)11(15-10(2)17)5-3-4-7-16(9)14(20)21-12/h11H,3-8H2,1-2H3,(H,15,17). The van der Waals surface area contributed by atoms with Gasteiger partial charge < -0.3 is 14.6 Å². The topological polar surface area (TPSA) is 60.3 Å². The van der Waals surface area contributed by atoms with Gasteiger partial charge in [-0.1, -0.05) is 0 Å². The molecule has 2 heterocycles. The first-order chi connectivity index (χ1) is 9.99. The summed E-state index contributed by atoms with van der Waals surface area (Å²) in [6, 6.07) is -0.538. The van der Waals surface area contributed by atoms with E-state index in [4.69, 9.17) is 17.0 Å². The number of thiazole rings is 1. The van der Waals surface area contributed by atoms with E-state index in [0.717, 1.165) is 23.3 Å². The number of hydrogen-bond acceptors (Lipinski definition) is 5. The van der Waals surface area contributed by atoms with Gasteiger partial charge in [-0.3, -0.25) is 4.79 Å². The average molecular weight is 328 g/mol. The number of hydrogen-bond donors (Lipinski definition) is 1. The van der Waals surface area contributed by atoms with Crippen molar-refractivity contribution in [1.82, 2.24) is 9.88 Å². The molecule has 1 unspecified atom stereocenters. The molecular weight excluding hydrogens is 308 g/mol. The minimum atomic E-state index is -0.538. The van der Waals surface area contributed by atoms with Crippen LogP contribution in [0.3, 0.4) is 0 Å². The fraction of sp³-hybridized carbons (Fsp3) is 0.643. The molecule has 0 aliphatic carbocycles. The predicted octanol–water partition coefficient (Wildman–Crippen LogP) is 2.36. The van der Waals surface area contributed by atoms with Crippen LogP contribution in [0.15, 0.2) is 0 Å². The van der Waals surface area contributed by atoms with Crippen molar-refractivity contribution in [3.8, 4) is 0 Å². The van der Waals surface area contributed by atoms with Gasteiger partial charge in [-0.25, -0.2) is 4.79 Å². The molecule has 0 fully saturated rings. The van der Waals surface area contributed by atoms with Crippen LogP contribution in [0.25, 0.3) is 0 Å². The molecule has 0 saturated heterocycles. The third kappa shape index (κ3) is 4.14. The molecule has 2 bridgehead atoms. The Morgan fingerprint density at radius 1 is 1.48 bits per heavy atom. The van der Waals surface area contributed by atoms with Crippen LogP contribution in [0.1, 0.15) is 36.8 Å². The van der Waals surface area contributed by atoms with Gasteiger partial charge in [0.25, 0.3) is 0 Å². The molecule has 0 radical (unpaired) electrons. The molecule has 7 heteroatoms. The summed E-state index contributed by atoms with van der Waals surface area (Å²) >= 11 is 6.99. The predicted molar refractivity (Wildman–Crippen MR) is 84.0 cm³/mol. The summed E-state index contributed by atoms with van der Waals surface area (Å²) in [5.74, 6) is -0.547. The smallest absolute Gasteiger partial charge is 0.328 e. The SMILES string of the molecule is CC(=O)NC1CCCCn2c(C)c(sc2=S)CCOC1=O. The van der Waals surface area contributed by atoms with Crippen molar-refractivity contribution in [2.75, 3.05) is 6.61 Å². The Hall–Kier alpha value is -1.21. The van der Waals surface area contributed by atoms with E-state index < -0.39 is 6.04 Å². The van der Waals surface area contributed by atoms with Gasteiger partial charge in [0.2, 0.25) is 5.91 Å². The first kappa shape index (κ1) is 16.2. The second-order valence-corrected chi connectivity index (χ2v) is 6.92. The van der Waals surface area contributed by atoms with Crippen LogP contribution in [-0.2, 0) is 27.3 Å². The van der Waals surface area contributed by atoms with E-state index in [9.17, 15) is 9.59 Å². The second-order valence-electron chi connectivity index (χ2n) is 5.19. The average Bonchev–Trinajstić information content (AvgIpc) is 2.68. The number of carbonyl (C=O) groups is 2. The number of esters is 1. The Morgan fingerprint density at radius 3 is 2.95 bits per heavy atom. The lowest BCUT2D eigenvalue weighted by Crippen LogP contribution is -2.41. The summed E-state index contributed by atoms with van der Waals surface area (Å²) in [6.45, 7) is 4.67. The Labute approximate surface area is 133 Å². The van der Waals surface area contributed by atoms with Crippen molar-refractivity contribution in [1.29, 1.82) is 0 Å². The van der Waals surface area contributed by atoms with Gasteiger partial charge in [0.05, 0.1) is 6.61 Å². The van der Waals surface area contributed by atoms with Crippen LogP contribution in [0.2, 0.25) is 0 Å². The van der Waals surface area contributed by atoms with Gasteiger partial charge in [-0.15, -0.1) is 11.3 Å². The maximum atomic E-state index is 12.0. The minimum Gasteiger partial charge on any atom is -0.464 e. The van der Waals surface area contributed by atoms with Crippen LogP contribution in [0.5, 0.6) is 0 Å². The highest BCUT2D eigenvalue weighted by molar-refractivity contribution is 7.73. The molecule has 1 atom stereocenters. The van der Waals surface area contributed by atoms with E-state index in [2.05, 4.69) is 16.8 Å². The van der Waals surface area contributed by atoms with Crippen molar-refractivity contribution in [3.63, 3.8) is 0 Å². The molecule has 1 amide bonds. The first-order valence-corrected chi connectivity index (χ1v) is 8.34. The number of ether oxygens (including phenoxy) is 1. The summed E-state index contributed by atoms with van der Waals surface area (Å²) in [5.41, 5.74) is 1.18. The van der Waals surface area contributed by atoms with Crippen LogP contribution in [0, 0.1) is 10.9 Å². The number of carbonyl (C=O) groups excluding carboxylic acids is 2. The number of amides is 1. The zero-order valence-electron chi connectivity index (χ0n) is 12.3. The lowest BCUT2D eigenvalue weighted by atomic mass is 10.1. The summed E-state index contributed by atoms with van der Waals surface area (Å²) in [5, 5.41) is 2.67. The van der Waals surface area contributed by atoms with E-state index in [1.54, 1.807) is 11.3 Å². The Morgan fingerprint density at radius 2 is 2.24 bits per heavy atom. The van der Waals surface area contributed by atoms with Crippen LogP contribution < -0.4 is 5.32 Å². The number of fused-ring (bicyclic) bond motifs is 2. The van der Waals surface area contributed by atoms with E-state index in [0.29, 0.717) is 19.4 Å². The molecule has 1 aromatic heterocycles. The van der Waals surface area contributed by atoms with Crippen LogP contribution in [0.4, 0.5) is 0 Å². The highest BCUT2D eigenvalue weighted by atomic mass is 32.1. The fourth-order valence-corrected chi connectivity index (χ4v) is 3.99. The van der Waals surface area contributed by atoms with Gasteiger partial charge >= 0.3 is 5.97 Å². The molecule has 0 aromatic carbocycles. The van der Waals surface area contributed by atoms with Crippen molar-refractivity contribution in [2.24, 2.45) is 0 Å². The third-order valence-electron chi connectivity index (χ3n) is 3.60. The largest absolute Gasteiger partial charge is 0.464 e. The lowest BCUT2D eigenvalue weighted by molar-refractivity contribution is -0.147. The fourth-order valence-electron chi connectivity index (χ4n) is 2.47. The van der Waals surface area contributed by atoms with Gasteiger partial charge in [0.15, 0.2) is 3.95 Å². The maximum Gasteiger partial charge on any atom is 0.328 e. The maximum absolute atomic E-state index is 12.0. The lowest BCUT2D eigenvalue weighted by Gasteiger charge is -2.17. The molecule has 1 aliphatic rings. The minimum absolute atomic E-state index is 0.205. The number of nitrogens with one attached hydrogen (secondary N) is 1. The summed E-state index contributed by atoms with van der Waals surface area (Å²) in [6.07, 6.45) is 3.04. The van der Waals surface area contributed by atoms with Crippen molar-refractivity contribution >= 4 is 35.4 Å². The summed E-state index contributed by atoms with van der Waals surface area (Å²) in [7, 11) is 0. The molecule has 5 nitrogen and oxygen atoms in total. The molecule has 116 valence electrons. The Kier molecular flexibility index (Phi) is 5.52. The van der Waals surface area contributed by atoms with E-state index in [1.165, 1.54) is 17.5 Å². The van der Waals surface area contributed by atoms with Crippen LogP contribution in [-0.4, -0.2) is 29.1 Å². The molecule has 1 aliphatic heterocycles. The molecular formula is C14H20N2O3S2. The molecule has 1 N–H and O–H groups in total. The molecule has 21 heavy (non-hydrogen) atoms. The number of nitrogens with zero attached hydrogens (tertiary/aromatic N) is 1. The van der Waals surface area contributed by atoms with Crippen molar-refractivity contribution < 1.29 is 14.3 Å². The van der Waals surface area contributed by atoms with E-state index in [1.807, 2.05) is 0 Å². The highest BCUT2D eigenvalue weighted by Crippen LogP contribution is 2.21. The van der Waals surface area contributed by atoms with Gasteiger partial charge in [0.1, 0.15) is 6.04 Å². The van der Waals surface area contributed by atoms with Gasteiger partial charge in [-0.05, 0) is 38.4 Å². The molecule has 0 spiro atoms. The number of aromatic nitrogens is 1. The highest BCUT2D eigenvalue weighted by Gasteiger charge is 2.21. The van der Waals surface area contributed by atoms with Crippen molar-refractivity contribution in [2.45, 2.75) is 52.1 Å². The van der Waals surface area contributed by atoms with Crippen molar-refractivity contribution in [3.05, 3.63) is 14.5 Å². The van der Waals surface area contributed by atoms with Gasteiger partial charge in [-0.2, -0.15) is 0 Å². The monoisotopic (exact) mass is 328 g/mol. The zero-order chi connectivity index (χ0) is 15.4. The van der Waals surface area contributed by atoms with E-state index in [-0.39, 0.29) is 11.9 Å². The molecule has 1 aromatic rings. The Balaban J connectivity index is 2.13. The molecule has 0 saturated carbocycles. The quantitative estimate of drug-likeness (QED) is 0.635. The summed E-state index contributed by atoms with van der Waals surface area (Å²) < 4.78 is 8.34. The number of rotatable bonds is 1. The first-order valence-electron chi connectivity index (χ1n) is 7.12. The third-order valence-corrected chi connectivity index (χ3v) is 5.21. The van der Waals surface area contributed by atoms with Gasteiger partial charge in [0, 0.05) is 30.5 Å². The van der Waals surface area contributed by atoms with E-state index >= 15 is 0 Å². The number of cyclic esters (lactones) is 1.